The average Bonchev–Trinajstić information content (AvgIpc) is 2.98. The van der Waals surface area contributed by atoms with Crippen molar-refractivity contribution in [3.05, 3.63) is 59.8 Å². The molecule has 2 aromatic carbocycles. The third-order valence-electron chi connectivity index (χ3n) is 4.26. The zero-order valence-corrected chi connectivity index (χ0v) is 14.7. The second-order valence-electron chi connectivity index (χ2n) is 5.89. The number of methoxy groups -OCH3 is 2. The highest BCUT2D eigenvalue weighted by molar-refractivity contribution is 6.09. The van der Waals surface area contributed by atoms with Crippen molar-refractivity contribution < 1.29 is 14.3 Å². The predicted molar refractivity (Wildman–Crippen MR) is 98.5 cm³/mol. The molecule has 130 valence electrons. The van der Waals surface area contributed by atoms with Gasteiger partial charge in [-0.05, 0) is 23.8 Å². The summed E-state index contributed by atoms with van der Waals surface area (Å²) in [5.74, 6) is 1.46. The molecule has 3 aromatic rings. The van der Waals surface area contributed by atoms with Crippen LogP contribution in [0, 0.1) is 0 Å². The van der Waals surface area contributed by atoms with Crippen molar-refractivity contribution in [1.82, 2.24) is 9.88 Å². The van der Waals surface area contributed by atoms with E-state index in [2.05, 4.69) is 5.32 Å². The highest BCUT2D eigenvalue weighted by Crippen LogP contribution is 2.27. The second-order valence-corrected chi connectivity index (χ2v) is 5.89. The number of rotatable bonds is 7. The fourth-order valence-corrected chi connectivity index (χ4v) is 2.97. The SMILES string of the molecule is COc1ccc(CNCC(=O)c2cn(C)c3ccccc23)cc1OC. The van der Waals surface area contributed by atoms with Crippen LogP contribution >= 0.6 is 0 Å². The summed E-state index contributed by atoms with van der Waals surface area (Å²) >= 11 is 0. The van der Waals surface area contributed by atoms with Gasteiger partial charge in [-0.1, -0.05) is 24.3 Å². The molecule has 0 aliphatic rings. The van der Waals surface area contributed by atoms with Gasteiger partial charge in [0, 0.05) is 36.3 Å². The van der Waals surface area contributed by atoms with E-state index in [0.717, 1.165) is 22.0 Å². The number of nitrogens with one attached hydrogen (secondary N) is 1. The number of ketones is 1. The number of nitrogens with zero attached hydrogens (tertiary/aromatic N) is 1. The monoisotopic (exact) mass is 338 g/mol. The molecule has 0 unspecified atom stereocenters. The summed E-state index contributed by atoms with van der Waals surface area (Å²) in [5.41, 5.74) is 2.84. The largest absolute Gasteiger partial charge is 0.493 e. The number of fused-ring (bicyclic) bond motifs is 1. The number of hydrogen-bond donors (Lipinski definition) is 1. The number of hydrogen-bond acceptors (Lipinski definition) is 4. The molecule has 0 aliphatic heterocycles. The molecule has 1 heterocycles. The van der Waals surface area contributed by atoms with E-state index in [1.807, 2.05) is 60.3 Å². The molecule has 0 aliphatic carbocycles. The van der Waals surface area contributed by atoms with Gasteiger partial charge in [-0.3, -0.25) is 4.79 Å². The van der Waals surface area contributed by atoms with E-state index < -0.39 is 0 Å². The number of aromatic nitrogens is 1. The van der Waals surface area contributed by atoms with E-state index in [1.54, 1.807) is 14.2 Å². The number of benzene rings is 2. The molecule has 0 spiro atoms. The Bertz CT molecular complexity index is 899. The Morgan fingerprint density at radius 3 is 2.60 bits per heavy atom. The van der Waals surface area contributed by atoms with Crippen molar-refractivity contribution >= 4 is 16.7 Å². The van der Waals surface area contributed by atoms with Crippen LogP contribution in [0.15, 0.2) is 48.7 Å². The first-order valence-electron chi connectivity index (χ1n) is 8.13. The number of Topliss-reactive ketones (excluding diaryl/α,β-unsaturated/α-hetero) is 1. The molecule has 1 N–H and O–H groups in total. The van der Waals surface area contributed by atoms with Gasteiger partial charge in [-0.15, -0.1) is 0 Å². The van der Waals surface area contributed by atoms with E-state index in [1.165, 1.54) is 0 Å². The quantitative estimate of drug-likeness (QED) is 0.672. The number of para-hydroxylation sites is 1. The lowest BCUT2D eigenvalue weighted by atomic mass is 10.1. The minimum absolute atomic E-state index is 0.0808. The van der Waals surface area contributed by atoms with Gasteiger partial charge in [0.25, 0.3) is 0 Å². The molecule has 0 atom stereocenters. The summed E-state index contributed by atoms with van der Waals surface area (Å²) in [6.45, 7) is 0.860. The van der Waals surface area contributed by atoms with Crippen molar-refractivity contribution in [2.75, 3.05) is 20.8 Å². The van der Waals surface area contributed by atoms with Crippen LogP contribution in [0.3, 0.4) is 0 Å². The van der Waals surface area contributed by atoms with E-state index in [-0.39, 0.29) is 12.3 Å². The minimum atomic E-state index is 0.0808. The van der Waals surface area contributed by atoms with Gasteiger partial charge < -0.3 is 19.4 Å². The molecule has 5 nitrogen and oxygen atoms in total. The minimum Gasteiger partial charge on any atom is -0.493 e. The van der Waals surface area contributed by atoms with Gasteiger partial charge in [0.2, 0.25) is 0 Å². The van der Waals surface area contributed by atoms with E-state index in [0.29, 0.717) is 18.0 Å². The van der Waals surface area contributed by atoms with Crippen LogP contribution in [0.2, 0.25) is 0 Å². The molecular formula is C20H22N2O3. The Morgan fingerprint density at radius 1 is 1.08 bits per heavy atom. The maximum absolute atomic E-state index is 12.6. The summed E-state index contributed by atoms with van der Waals surface area (Å²) in [4.78, 5) is 12.6. The fraction of sp³-hybridized carbons (Fsp3) is 0.250. The highest BCUT2D eigenvalue weighted by atomic mass is 16.5. The van der Waals surface area contributed by atoms with Gasteiger partial charge in [0.05, 0.1) is 20.8 Å². The fourth-order valence-electron chi connectivity index (χ4n) is 2.97. The van der Waals surface area contributed by atoms with Crippen LogP contribution in [-0.2, 0) is 13.6 Å². The molecule has 0 saturated heterocycles. The number of carbonyl (C=O) groups is 1. The van der Waals surface area contributed by atoms with Crippen LogP contribution in [0.4, 0.5) is 0 Å². The molecule has 3 rings (SSSR count). The molecule has 0 amide bonds. The van der Waals surface area contributed by atoms with Crippen LogP contribution in [0.1, 0.15) is 15.9 Å². The number of ether oxygens (including phenoxy) is 2. The van der Waals surface area contributed by atoms with Gasteiger partial charge >= 0.3 is 0 Å². The van der Waals surface area contributed by atoms with Crippen molar-refractivity contribution in [3.8, 4) is 11.5 Å². The first-order valence-corrected chi connectivity index (χ1v) is 8.13. The Kier molecular flexibility index (Phi) is 5.05. The maximum atomic E-state index is 12.6. The van der Waals surface area contributed by atoms with Crippen molar-refractivity contribution in [2.24, 2.45) is 7.05 Å². The molecule has 25 heavy (non-hydrogen) atoms. The highest BCUT2D eigenvalue weighted by Gasteiger charge is 2.13. The summed E-state index contributed by atoms with van der Waals surface area (Å²) in [5, 5.41) is 4.20. The lowest BCUT2D eigenvalue weighted by Crippen LogP contribution is -2.22. The molecule has 0 fully saturated rings. The smallest absolute Gasteiger partial charge is 0.178 e. The zero-order chi connectivity index (χ0) is 17.8. The Morgan fingerprint density at radius 2 is 1.84 bits per heavy atom. The third kappa shape index (κ3) is 3.51. The third-order valence-corrected chi connectivity index (χ3v) is 4.26. The standard InChI is InChI=1S/C20H22N2O3/c1-22-13-16(15-6-4-5-7-17(15)22)18(23)12-21-11-14-8-9-19(24-2)20(10-14)25-3/h4-10,13,21H,11-12H2,1-3H3. The van der Waals surface area contributed by atoms with Crippen molar-refractivity contribution in [1.29, 1.82) is 0 Å². The second kappa shape index (κ2) is 7.40. The summed E-state index contributed by atoms with van der Waals surface area (Å²) < 4.78 is 12.5. The molecule has 5 heteroatoms. The number of aryl methyl sites for hydroxylation is 1. The van der Waals surface area contributed by atoms with Gasteiger partial charge in [0.15, 0.2) is 17.3 Å². The average molecular weight is 338 g/mol. The van der Waals surface area contributed by atoms with Gasteiger partial charge in [-0.25, -0.2) is 0 Å². The lowest BCUT2D eigenvalue weighted by molar-refractivity contribution is 0.0992. The molecular weight excluding hydrogens is 316 g/mol. The summed E-state index contributed by atoms with van der Waals surface area (Å²) in [7, 11) is 5.17. The van der Waals surface area contributed by atoms with Crippen LogP contribution < -0.4 is 14.8 Å². The predicted octanol–water partition coefficient (Wildman–Crippen LogP) is 3.17. The van der Waals surface area contributed by atoms with Crippen molar-refractivity contribution in [3.63, 3.8) is 0 Å². The Balaban J connectivity index is 1.66. The van der Waals surface area contributed by atoms with Crippen LogP contribution in [0.25, 0.3) is 10.9 Å². The summed E-state index contributed by atoms with van der Waals surface area (Å²) in [6.07, 6.45) is 1.89. The zero-order valence-electron chi connectivity index (χ0n) is 14.7. The Labute approximate surface area is 147 Å². The normalized spacial score (nSPS) is 10.8. The van der Waals surface area contributed by atoms with Crippen LogP contribution in [-0.4, -0.2) is 31.1 Å². The molecule has 1 aromatic heterocycles. The van der Waals surface area contributed by atoms with E-state index in [9.17, 15) is 4.79 Å². The van der Waals surface area contributed by atoms with Crippen molar-refractivity contribution in [2.45, 2.75) is 6.54 Å². The molecule has 0 bridgehead atoms. The molecule has 0 radical (unpaired) electrons. The van der Waals surface area contributed by atoms with Gasteiger partial charge in [0.1, 0.15) is 0 Å². The Hall–Kier alpha value is -2.79. The van der Waals surface area contributed by atoms with Crippen LogP contribution in [0.5, 0.6) is 11.5 Å². The first-order chi connectivity index (χ1) is 12.1. The first kappa shape index (κ1) is 17.0. The van der Waals surface area contributed by atoms with Gasteiger partial charge in [-0.2, -0.15) is 0 Å². The van der Waals surface area contributed by atoms with E-state index in [4.69, 9.17) is 9.47 Å². The molecule has 0 saturated carbocycles. The lowest BCUT2D eigenvalue weighted by Gasteiger charge is -2.10. The topological polar surface area (TPSA) is 52.5 Å². The maximum Gasteiger partial charge on any atom is 0.178 e. The van der Waals surface area contributed by atoms with E-state index >= 15 is 0 Å². The number of carbonyl (C=O) groups excluding carboxylic acids is 1. The summed E-state index contributed by atoms with van der Waals surface area (Å²) in [6, 6.07) is 13.7.